The van der Waals surface area contributed by atoms with Crippen LogP contribution in [-0.2, 0) is 31.8 Å². The lowest BCUT2D eigenvalue weighted by molar-refractivity contribution is -0.135. The Kier molecular flexibility index (Phi) is 8.18. The zero-order valence-electron chi connectivity index (χ0n) is 19.7. The van der Waals surface area contributed by atoms with E-state index in [9.17, 15) is 18.6 Å². The van der Waals surface area contributed by atoms with E-state index in [0.717, 1.165) is 9.87 Å². The van der Waals surface area contributed by atoms with Gasteiger partial charge < -0.3 is 9.80 Å². The Labute approximate surface area is 217 Å². The fourth-order valence-electron chi connectivity index (χ4n) is 4.04. The number of anilines is 1. The fraction of sp³-hybridized carbons (Fsp3) is 0.222. The number of carbonyl (C=O) groups excluding carboxylic acids is 3. The van der Waals surface area contributed by atoms with Crippen LogP contribution < -0.4 is 4.90 Å². The van der Waals surface area contributed by atoms with Gasteiger partial charge in [-0.25, -0.2) is 8.51 Å². The molecule has 4 rings (SSSR count). The lowest BCUT2D eigenvalue weighted by atomic mass is 9.98. The second-order valence-corrected chi connectivity index (χ2v) is 10.4. The van der Waals surface area contributed by atoms with Crippen LogP contribution in [0.2, 0.25) is 5.02 Å². The van der Waals surface area contributed by atoms with Crippen molar-refractivity contribution >= 4 is 46.0 Å². The molecule has 0 aromatic heterocycles. The Bertz CT molecular complexity index is 1260. The SMILES string of the molecule is CN(C(=O)CN1CC(Cc2ccccc2)C(=O)N(S(=O)c2ccc(Cl)cc2)CC1=O)c1ccccc1. The van der Waals surface area contributed by atoms with E-state index >= 15 is 0 Å². The molecule has 1 saturated heterocycles. The van der Waals surface area contributed by atoms with Gasteiger partial charge in [0.1, 0.15) is 13.1 Å². The number of likely N-dealkylation sites (N-methyl/N-ethyl adjacent to an activating group) is 1. The van der Waals surface area contributed by atoms with Crippen molar-refractivity contribution < 1.29 is 18.6 Å². The Morgan fingerprint density at radius 1 is 0.972 bits per heavy atom. The van der Waals surface area contributed by atoms with Gasteiger partial charge in [-0.05, 0) is 48.4 Å². The number of nitrogens with zero attached hydrogens (tertiary/aromatic N) is 3. The maximum absolute atomic E-state index is 13.6. The van der Waals surface area contributed by atoms with Crippen molar-refractivity contribution in [1.29, 1.82) is 0 Å². The molecule has 1 aliphatic heterocycles. The van der Waals surface area contributed by atoms with Crippen molar-refractivity contribution in [2.75, 3.05) is 31.6 Å². The zero-order chi connectivity index (χ0) is 25.7. The number of hydrogen-bond acceptors (Lipinski definition) is 4. The van der Waals surface area contributed by atoms with E-state index in [4.69, 9.17) is 11.6 Å². The number of halogens is 1. The lowest BCUT2D eigenvalue weighted by Crippen LogP contribution is -2.44. The molecule has 36 heavy (non-hydrogen) atoms. The molecule has 1 fully saturated rings. The summed E-state index contributed by atoms with van der Waals surface area (Å²) in [4.78, 5) is 43.1. The van der Waals surface area contributed by atoms with Crippen LogP contribution in [0.15, 0.2) is 89.8 Å². The molecular formula is C27H26ClN3O4S. The number of carbonyl (C=O) groups is 3. The molecule has 9 heteroatoms. The molecule has 0 aliphatic carbocycles. The number of para-hydroxylation sites is 1. The summed E-state index contributed by atoms with van der Waals surface area (Å²) < 4.78 is 14.5. The molecule has 0 N–H and O–H groups in total. The summed E-state index contributed by atoms with van der Waals surface area (Å²) in [7, 11) is -0.255. The summed E-state index contributed by atoms with van der Waals surface area (Å²) in [5.41, 5.74) is 1.61. The number of benzene rings is 3. The molecule has 0 radical (unpaired) electrons. The predicted molar refractivity (Wildman–Crippen MR) is 140 cm³/mol. The molecule has 2 atom stereocenters. The standard InChI is InChI=1S/C27H26ClN3O4S/c1-29(23-10-6-3-7-11-23)25(32)18-30-17-21(16-20-8-4-2-5-9-20)27(34)31(19-26(30)33)36(35)24-14-12-22(28)13-15-24/h2-15,21H,16-19H2,1H3. The normalized spacial score (nSPS) is 17.0. The molecule has 1 heterocycles. The van der Waals surface area contributed by atoms with E-state index in [0.29, 0.717) is 22.0 Å². The fourth-order valence-corrected chi connectivity index (χ4v) is 5.33. The van der Waals surface area contributed by atoms with Crippen molar-refractivity contribution in [3.05, 3.63) is 95.5 Å². The number of amides is 3. The summed E-state index contributed by atoms with van der Waals surface area (Å²) >= 11 is 5.95. The van der Waals surface area contributed by atoms with E-state index in [1.54, 1.807) is 43.4 Å². The number of rotatable bonds is 7. The van der Waals surface area contributed by atoms with Crippen molar-refractivity contribution in [3.8, 4) is 0 Å². The third-order valence-corrected chi connectivity index (χ3v) is 7.69. The molecule has 0 spiro atoms. The van der Waals surface area contributed by atoms with Crippen LogP contribution in [0.5, 0.6) is 0 Å². The Hall–Kier alpha value is -3.49. The highest BCUT2D eigenvalue weighted by atomic mass is 35.5. The molecule has 0 saturated carbocycles. The molecule has 3 aromatic carbocycles. The summed E-state index contributed by atoms with van der Waals surface area (Å²) in [6, 6.07) is 24.9. The van der Waals surface area contributed by atoms with Crippen LogP contribution in [0.3, 0.4) is 0 Å². The van der Waals surface area contributed by atoms with Crippen molar-refractivity contribution in [3.63, 3.8) is 0 Å². The van der Waals surface area contributed by atoms with Gasteiger partial charge in [-0.2, -0.15) is 0 Å². The molecule has 0 bridgehead atoms. The summed E-state index contributed by atoms with van der Waals surface area (Å²) in [5, 5.41) is 0.475. The van der Waals surface area contributed by atoms with Crippen LogP contribution >= 0.6 is 11.6 Å². The van der Waals surface area contributed by atoms with E-state index in [1.165, 1.54) is 9.80 Å². The molecule has 3 aromatic rings. The first kappa shape index (κ1) is 25.6. The average molecular weight is 524 g/mol. The zero-order valence-corrected chi connectivity index (χ0v) is 21.3. The first-order chi connectivity index (χ1) is 17.3. The van der Waals surface area contributed by atoms with E-state index in [-0.39, 0.29) is 25.5 Å². The van der Waals surface area contributed by atoms with E-state index < -0.39 is 28.7 Å². The molecular weight excluding hydrogens is 498 g/mol. The Morgan fingerprint density at radius 2 is 1.58 bits per heavy atom. The first-order valence-electron chi connectivity index (χ1n) is 11.5. The van der Waals surface area contributed by atoms with Gasteiger partial charge in [-0.1, -0.05) is 60.1 Å². The first-order valence-corrected chi connectivity index (χ1v) is 12.9. The smallest absolute Gasteiger partial charge is 0.246 e. The maximum Gasteiger partial charge on any atom is 0.246 e. The third-order valence-electron chi connectivity index (χ3n) is 6.05. The highest BCUT2D eigenvalue weighted by molar-refractivity contribution is 7.83. The minimum absolute atomic E-state index is 0.0508. The Morgan fingerprint density at radius 3 is 2.22 bits per heavy atom. The minimum atomic E-state index is -1.90. The molecule has 2 unspecified atom stereocenters. The van der Waals surface area contributed by atoms with Gasteiger partial charge in [0.15, 0.2) is 11.0 Å². The monoisotopic (exact) mass is 523 g/mol. The average Bonchev–Trinajstić information content (AvgIpc) is 3.01. The summed E-state index contributed by atoms with van der Waals surface area (Å²) in [6.07, 6.45) is 0.348. The molecule has 1 aliphatic rings. The van der Waals surface area contributed by atoms with Crippen molar-refractivity contribution in [2.24, 2.45) is 5.92 Å². The van der Waals surface area contributed by atoms with Gasteiger partial charge in [0.05, 0.1) is 10.8 Å². The highest BCUT2D eigenvalue weighted by Gasteiger charge is 2.38. The Balaban J connectivity index is 1.60. The summed E-state index contributed by atoms with van der Waals surface area (Å²) in [5.74, 6) is -1.78. The van der Waals surface area contributed by atoms with Crippen LogP contribution in [0, 0.1) is 5.92 Å². The van der Waals surface area contributed by atoms with Crippen LogP contribution in [0.1, 0.15) is 5.56 Å². The topological polar surface area (TPSA) is 78.0 Å². The van der Waals surface area contributed by atoms with Gasteiger partial charge in [0.25, 0.3) is 0 Å². The minimum Gasteiger partial charge on any atom is -0.331 e. The van der Waals surface area contributed by atoms with Gasteiger partial charge in [-0.3, -0.25) is 14.4 Å². The number of hydrogen-bond donors (Lipinski definition) is 0. The lowest BCUT2D eigenvalue weighted by Gasteiger charge is -2.25. The van der Waals surface area contributed by atoms with Crippen LogP contribution in [0.4, 0.5) is 5.69 Å². The van der Waals surface area contributed by atoms with Crippen molar-refractivity contribution in [1.82, 2.24) is 9.21 Å². The van der Waals surface area contributed by atoms with E-state index in [2.05, 4.69) is 0 Å². The third kappa shape index (κ3) is 6.01. The summed E-state index contributed by atoms with van der Waals surface area (Å²) in [6.45, 7) is -0.527. The van der Waals surface area contributed by atoms with Gasteiger partial charge >= 0.3 is 0 Å². The molecule has 7 nitrogen and oxygen atoms in total. The van der Waals surface area contributed by atoms with Crippen LogP contribution in [-0.4, -0.2) is 57.8 Å². The van der Waals surface area contributed by atoms with Crippen LogP contribution in [0.25, 0.3) is 0 Å². The van der Waals surface area contributed by atoms with Gasteiger partial charge in [0.2, 0.25) is 17.7 Å². The van der Waals surface area contributed by atoms with Gasteiger partial charge in [0, 0.05) is 24.3 Å². The molecule has 186 valence electrons. The largest absolute Gasteiger partial charge is 0.331 e. The predicted octanol–water partition coefficient (Wildman–Crippen LogP) is 3.56. The highest BCUT2D eigenvalue weighted by Crippen LogP contribution is 2.23. The molecule has 3 amide bonds. The maximum atomic E-state index is 13.6. The quantitative estimate of drug-likeness (QED) is 0.474. The van der Waals surface area contributed by atoms with Gasteiger partial charge in [-0.15, -0.1) is 0 Å². The van der Waals surface area contributed by atoms with Crippen molar-refractivity contribution in [2.45, 2.75) is 11.3 Å². The van der Waals surface area contributed by atoms with E-state index in [1.807, 2.05) is 48.5 Å². The second-order valence-electron chi connectivity index (χ2n) is 8.53. The second kappa shape index (κ2) is 11.5.